The van der Waals surface area contributed by atoms with E-state index in [4.69, 9.17) is 24.2 Å². The lowest BCUT2D eigenvalue weighted by molar-refractivity contribution is -0.138. The maximum absolute atomic E-state index is 12.6. The van der Waals surface area contributed by atoms with Gasteiger partial charge in [-0.3, -0.25) is 43.3 Å². The van der Waals surface area contributed by atoms with E-state index < -0.39 is 47.2 Å². The molecule has 0 bridgehead atoms. The summed E-state index contributed by atoms with van der Waals surface area (Å²) in [5.74, 6) is -3.25. The number of nitrogens with two attached hydrogens (primary N) is 1. The number of rotatable bonds is 18. The quantitative estimate of drug-likeness (QED) is 0.0466. The van der Waals surface area contributed by atoms with Gasteiger partial charge in [0.2, 0.25) is 30.0 Å². The first-order valence-electron chi connectivity index (χ1n) is 17.3. The normalized spacial score (nSPS) is 11.3. The number of primary amides is 1. The molecule has 1 aliphatic heterocycles. The number of anilines is 1. The van der Waals surface area contributed by atoms with Crippen molar-refractivity contribution in [2.75, 3.05) is 51.8 Å². The van der Waals surface area contributed by atoms with Crippen LogP contribution < -0.4 is 32.3 Å². The molecule has 0 saturated carbocycles. The molecule has 7 amide bonds. The SMILES string of the molecule is CC(C)C(NC(=O)CNC(=O)CCOCCN1C(=O)C=CC1=O)C(=O)NCC(=O)Nc1ccc(COC(=O)P)cc1.CCC.CCCNC.NC=O.O=CO. The average molecular weight is 800 g/mol. The van der Waals surface area contributed by atoms with Crippen LogP contribution in [0.3, 0.4) is 0 Å². The summed E-state index contributed by atoms with van der Waals surface area (Å²) in [5.41, 5.74) is 4.90. The fourth-order valence-electron chi connectivity index (χ4n) is 3.67. The van der Waals surface area contributed by atoms with Crippen molar-refractivity contribution in [3.63, 3.8) is 0 Å². The number of nitrogens with zero attached hydrogens (tertiary/aromatic N) is 1. The third-order valence-electron chi connectivity index (χ3n) is 6.09. The third kappa shape index (κ3) is 30.9. The van der Waals surface area contributed by atoms with Crippen molar-refractivity contribution < 1.29 is 57.7 Å². The number of carbonyl (C=O) groups excluding carboxylic acids is 8. The predicted molar refractivity (Wildman–Crippen MR) is 208 cm³/mol. The zero-order valence-electron chi connectivity index (χ0n) is 32.4. The van der Waals surface area contributed by atoms with Crippen molar-refractivity contribution in [3.05, 3.63) is 42.0 Å². The molecule has 8 N–H and O–H groups in total. The lowest BCUT2D eigenvalue weighted by Gasteiger charge is -2.21. The first-order chi connectivity index (χ1) is 26.1. The number of benzene rings is 1. The molecule has 0 aliphatic carbocycles. The van der Waals surface area contributed by atoms with Crippen molar-refractivity contribution in [3.8, 4) is 0 Å². The van der Waals surface area contributed by atoms with Crippen LogP contribution in [0.15, 0.2) is 36.4 Å². The summed E-state index contributed by atoms with van der Waals surface area (Å²) in [6.07, 6.45) is 5.02. The molecular formula is C35H58N7O12P. The highest BCUT2D eigenvalue weighted by Crippen LogP contribution is 2.11. The highest BCUT2D eigenvalue weighted by atomic mass is 31.0. The summed E-state index contributed by atoms with van der Waals surface area (Å²) < 4.78 is 10.1. The molecule has 0 radical (unpaired) electrons. The van der Waals surface area contributed by atoms with E-state index in [2.05, 4.69) is 53.1 Å². The van der Waals surface area contributed by atoms with E-state index >= 15 is 0 Å². The topological polar surface area (TPSA) is 282 Å². The Morgan fingerprint density at radius 3 is 1.89 bits per heavy atom. The second kappa shape index (κ2) is 35.8. The Morgan fingerprint density at radius 2 is 1.44 bits per heavy atom. The molecule has 310 valence electrons. The second-order valence-electron chi connectivity index (χ2n) is 11.2. The Hall–Kier alpha value is -5.26. The van der Waals surface area contributed by atoms with Crippen LogP contribution in [0.4, 0.5) is 10.5 Å². The second-order valence-corrected chi connectivity index (χ2v) is 11.7. The van der Waals surface area contributed by atoms with Crippen LogP contribution in [0.1, 0.15) is 59.4 Å². The molecule has 0 saturated heterocycles. The van der Waals surface area contributed by atoms with Gasteiger partial charge in [-0.2, -0.15) is 0 Å². The maximum atomic E-state index is 12.6. The number of amides is 7. The van der Waals surface area contributed by atoms with Crippen molar-refractivity contribution in [1.29, 1.82) is 0 Å². The van der Waals surface area contributed by atoms with Gasteiger partial charge in [0, 0.05) is 24.3 Å². The minimum Gasteiger partial charge on any atom is -0.483 e. The first kappa shape index (κ1) is 54.1. The van der Waals surface area contributed by atoms with Gasteiger partial charge in [-0.25, -0.2) is 4.79 Å². The molecule has 1 aromatic rings. The van der Waals surface area contributed by atoms with E-state index in [1.165, 1.54) is 25.0 Å². The fraction of sp³-hybridized carbons (Fsp3) is 0.514. The summed E-state index contributed by atoms with van der Waals surface area (Å²) in [4.78, 5) is 101. The van der Waals surface area contributed by atoms with E-state index in [1.807, 2.05) is 16.3 Å². The number of hydrogen-bond donors (Lipinski definition) is 7. The molecule has 0 aromatic heterocycles. The van der Waals surface area contributed by atoms with Crippen molar-refractivity contribution in [2.45, 2.75) is 66.5 Å². The minimum absolute atomic E-state index is 0.0217. The molecule has 2 atom stereocenters. The van der Waals surface area contributed by atoms with Crippen LogP contribution >= 0.6 is 9.24 Å². The number of nitrogens with one attached hydrogen (secondary N) is 5. The summed E-state index contributed by atoms with van der Waals surface area (Å²) in [6, 6.07) is 5.66. The molecule has 1 aliphatic rings. The van der Waals surface area contributed by atoms with Crippen LogP contribution in [0.25, 0.3) is 0 Å². The van der Waals surface area contributed by atoms with Crippen molar-refractivity contribution in [2.24, 2.45) is 11.7 Å². The average Bonchev–Trinajstić information content (AvgIpc) is 3.45. The first-order valence-corrected chi connectivity index (χ1v) is 17.8. The van der Waals surface area contributed by atoms with E-state index in [1.54, 1.807) is 38.1 Å². The van der Waals surface area contributed by atoms with Gasteiger partial charge in [-0.05, 0) is 52.9 Å². The van der Waals surface area contributed by atoms with E-state index in [0.29, 0.717) is 5.69 Å². The monoisotopic (exact) mass is 799 g/mol. The van der Waals surface area contributed by atoms with Gasteiger partial charge in [0.15, 0.2) is 0 Å². The number of carbonyl (C=O) groups is 9. The van der Waals surface area contributed by atoms with Crippen LogP contribution in [0.5, 0.6) is 0 Å². The predicted octanol–water partition coefficient (Wildman–Crippen LogP) is 0.676. The van der Waals surface area contributed by atoms with Gasteiger partial charge in [-0.15, -0.1) is 0 Å². The lowest BCUT2D eigenvalue weighted by atomic mass is 10.0. The smallest absolute Gasteiger partial charge is 0.320 e. The molecule has 0 spiro atoms. The summed E-state index contributed by atoms with van der Waals surface area (Å²) in [5, 5.41) is 20.0. The molecular weight excluding hydrogens is 741 g/mol. The minimum atomic E-state index is -0.945. The van der Waals surface area contributed by atoms with Gasteiger partial charge in [0.25, 0.3) is 18.3 Å². The zero-order chi connectivity index (χ0) is 42.6. The number of imide groups is 1. The van der Waals surface area contributed by atoms with Crippen LogP contribution in [0.2, 0.25) is 0 Å². The maximum Gasteiger partial charge on any atom is 0.320 e. The van der Waals surface area contributed by atoms with Gasteiger partial charge in [0.05, 0.1) is 32.8 Å². The van der Waals surface area contributed by atoms with Crippen LogP contribution in [0, 0.1) is 5.92 Å². The standard InChI is InChI=1S/C26H34N5O9P.C4H11N.C3H8.CH3NO.CH2O2/c1-16(2)24(25(37)28-14-20(33)29-18-5-3-17(4-6-18)15-40-26(38)41)30-21(34)13-27-19(32)9-11-39-12-10-31-22(35)7-8-23(31)36;1-3-4-5-2;1-3-2;2*2-1-3/h3-8,16,24H,9-15,41H2,1-2H3,(H,27,32)(H,28,37)(H,29,33)(H,30,34);5H,3-4H2,1-2H3;3H2,1-2H3;1H,(H2,2,3);1H,(H,2,3). The van der Waals surface area contributed by atoms with E-state index in [0.717, 1.165) is 17.0 Å². The lowest BCUT2D eigenvalue weighted by Crippen LogP contribution is -2.52. The number of hydrogen-bond acceptors (Lipinski definition) is 12. The molecule has 1 aromatic carbocycles. The Kier molecular flexibility index (Phi) is 35.2. The molecule has 2 unspecified atom stereocenters. The van der Waals surface area contributed by atoms with Gasteiger partial charge in [0.1, 0.15) is 12.6 Å². The summed E-state index contributed by atoms with van der Waals surface area (Å²) in [7, 11) is 3.87. The Morgan fingerprint density at radius 1 is 0.909 bits per heavy atom. The Bertz CT molecular complexity index is 1320. The molecule has 1 heterocycles. The zero-order valence-corrected chi connectivity index (χ0v) is 33.5. The van der Waals surface area contributed by atoms with Crippen molar-refractivity contribution >= 4 is 69.0 Å². The third-order valence-corrected chi connectivity index (χ3v) is 6.25. The fourth-order valence-corrected chi connectivity index (χ4v) is 3.76. The van der Waals surface area contributed by atoms with E-state index in [-0.39, 0.29) is 64.7 Å². The Balaban J connectivity index is -0.00000166. The summed E-state index contributed by atoms with van der Waals surface area (Å²) >= 11 is 0. The van der Waals surface area contributed by atoms with E-state index in [9.17, 15) is 33.6 Å². The largest absolute Gasteiger partial charge is 0.483 e. The van der Waals surface area contributed by atoms with Crippen LogP contribution in [-0.4, -0.2) is 117 Å². The molecule has 20 heteroatoms. The van der Waals surface area contributed by atoms with Gasteiger partial charge >= 0.3 is 5.71 Å². The molecule has 2 rings (SSSR count). The Labute approximate surface area is 324 Å². The highest BCUT2D eigenvalue weighted by Gasteiger charge is 2.25. The van der Waals surface area contributed by atoms with Gasteiger partial charge < -0.3 is 46.9 Å². The van der Waals surface area contributed by atoms with Crippen molar-refractivity contribution in [1.82, 2.24) is 26.2 Å². The molecule has 55 heavy (non-hydrogen) atoms. The van der Waals surface area contributed by atoms with Crippen LogP contribution in [-0.2, 0) is 54.4 Å². The highest BCUT2D eigenvalue weighted by molar-refractivity contribution is 7.39. The van der Waals surface area contributed by atoms with Gasteiger partial charge in [-0.1, -0.05) is 53.2 Å². The molecule has 0 fully saturated rings. The molecule has 19 nitrogen and oxygen atoms in total. The summed E-state index contributed by atoms with van der Waals surface area (Å²) in [6.45, 7) is 10.3. The number of carboxylic acid groups (broad SMARTS) is 1. The number of ether oxygens (including phenoxy) is 2.